The van der Waals surface area contributed by atoms with Gasteiger partial charge < -0.3 is 10.1 Å². The molecular weight excluding hydrogens is 246 g/mol. The largest absolute Gasteiger partial charge is 0.497 e. The van der Waals surface area contributed by atoms with E-state index in [1.165, 1.54) is 0 Å². The number of hydrazine groups is 1. The van der Waals surface area contributed by atoms with Crippen LogP contribution in [0.5, 0.6) is 5.75 Å². The minimum Gasteiger partial charge on any atom is -0.497 e. The number of methoxy groups -OCH3 is 1. The van der Waals surface area contributed by atoms with Gasteiger partial charge in [-0.3, -0.25) is 10.9 Å². The minimum absolute atomic E-state index is 0.490. The molecule has 1 rings (SSSR count). The summed E-state index contributed by atoms with van der Waals surface area (Å²) in [7, 11) is 1.63. The first kappa shape index (κ1) is 14.1. The van der Waals surface area contributed by atoms with E-state index in [2.05, 4.69) is 29.3 Å². The summed E-state index contributed by atoms with van der Waals surface area (Å²) in [6, 6.07) is 7.57. The highest BCUT2D eigenvalue weighted by Crippen LogP contribution is 2.14. The molecule has 0 radical (unpaired) electrons. The highest BCUT2D eigenvalue weighted by Gasteiger charge is 1.99. The van der Waals surface area contributed by atoms with E-state index in [1.807, 2.05) is 24.3 Å². The predicted octanol–water partition coefficient (Wildman–Crippen LogP) is 1.82. The lowest BCUT2D eigenvalue weighted by molar-refractivity contribution is 0.415. The Kier molecular flexibility index (Phi) is 5.73. The Balaban J connectivity index is 2.44. The fourth-order valence-electron chi connectivity index (χ4n) is 1.21. The van der Waals surface area contributed by atoms with E-state index in [0.717, 1.165) is 17.0 Å². The van der Waals surface area contributed by atoms with Gasteiger partial charge in [0.05, 0.1) is 12.8 Å². The van der Waals surface area contributed by atoms with Crippen LogP contribution in [0.1, 0.15) is 5.56 Å². The van der Waals surface area contributed by atoms with Gasteiger partial charge in [0.2, 0.25) is 0 Å². The van der Waals surface area contributed by atoms with Gasteiger partial charge in [-0.05, 0) is 42.0 Å². The Bertz CT molecular complexity index is 428. The van der Waals surface area contributed by atoms with Crippen LogP contribution in [0.2, 0.25) is 0 Å². The Morgan fingerprint density at radius 1 is 1.33 bits per heavy atom. The van der Waals surface area contributed by atoms with Gasteiger partial charge in [-0.25, -0.2) is 0 Å². The van der Waals surface area contributed by atoms with Crippen LogP contribution in [-0.2, 0) is 0 Å². The Hall–Kier alpha value is -2.01. The number of ether oxygens (including phenoxy) is 1. The average Bonchev–Trinajstić information content (AvgIpc) is 2.42. The van der Waals surface area contributed by atoms with Gasteiger partial charge in [-0.15, -0.1) is 6.58 Å². The average molecular weight is 263 g/mol. The molecule has 0 saturated carbocycles. The summed E-state index contributed by atoms with van der Waals surface area (Å²) < 4.78 is 5.09. The molecule has 0 aliphatic rings. The molecule has 96 valence electrons. The SMILES string of the molecule is C=CCNC(=S)NNC(=C)c1ccc(OC)cc1. The van der Waals surface area contributed by atoms with E-state index in [9.17, 15) is 0 Å². The maximum absolute atomic E-state index is 5.09. The third kappa shape index (κ3) is 4.47. The third-order valence-electron chi connectivity index (χ3n) is 2.17. The van der Waals surface area contributed by atoms with E-state index in [4.69, 9.17) is 17.0 Å². The van der Waals surface area contributed by atoms with Gasteiger partial charge in [-0.1, -0.05) is 12.7 Å². The molecule has 1 aromatic rings. The first-order valence-corrected chi connectivity index (χ1v) is 5.82. The second-order valence-electron chi connectivity index (χ2n) is 3.46. The van der Waals surface area contributed by atoms with E-state index < -0.39 is 0 Å². The van der Waals surface area contributed by atoms with E-state index in [1.54, 1.807) is 13.2 Å². The molecule has 18 heavy (non-hydrogen) atoms. The lowest BCUT2D eigenvalue weighted by Crippen LogP contribution is -2.42. The third-order valence-corrected chi connectivity index (χ3v) is 2.42. The zero-order chi connectivity index (χ0) is 13.4. The van der Waals surface area contributed by atoms with E-state index in [0.29, 0.717) is 11.7 Å². The number of nitrogens with one attached hydrogen (secondary N) is 3. The quantitative estimate of drug-likeness (QED) is 0.415. The summed E-state index contributed by atoms with van der Waals surface area (Å²) >= 11 is 5.03. The Labute approximate surface area is 113 Å². The zero-order valence-electron chi connectivity index (χ0n) is 10.3. The molecule has 0 aliphatic heterocycles. The topological polar surface area (TPSA) is 45.3 Å². The van der Waals surface area contributed by atoms with Gasteiger partial charge in [0.1, 0.15) is 5.75 Å². The van der Waals surface area contributed by atoms with Gasteiger partial charge in [0.25, 0.3) is 0 Å². The second kappa shape index (κ2) is 7.34. The molecule has 0 spiro atoms. The van der Waals surface area contributed by atoms with Crippen LogP contribution >= 0.6 is 12.2 Å². The molecule has 0 unspecified atom stereocenters. The van der Waals surface area contributed by atoms with E-state index in [-0.39, 0.29) is 0 Å². The van der Waals surface area contributed by atoms with Crippen molar-refractivity contribution >= 4 is 23.0 Å². The molecule has 0 fully saturated rings. The van der Waals surface area contributed by atoms with E-state index >= 15 is 0 Å². The second-order valence-corrected chi connectivity index (χ2v) is 3.86. The molecule has 0 amide bonds. The molecule has 1 aromatic carbocycles. The summed E-state index contributed by atoms with van der Waals surface area (Å²) in [5, 5.41) is 3.43. The molecule has 0 heterocycles. The Morgan fingerprint density at radius 2 is 2.00 bits per heavy atom. The van der Waals surface area contributed by atoms with Crippen molar-refractivity contribution in [1.82, 2.24) is 16.2 Å². The summed E-state index contributed by atoms with van der Waals surface area (Å²) in [6.07, 6.45) is 1.73. The van der Waals surface area contributed by atoms with Crippen LogP contribution in [0.4, 0.5) is 0 Å². The van der Waals surface area contributed by atoms with Crippen molar-refractivity contribution in [3.63, 3.8) is 0 Å². The van der Waals surface area contributed by atoms with Crippen LogP contribution in [0, 0.1) is 0 Å². The Morgan fingerprint density at radius 3 is 2.56 bits per heavy atom. The van der Waals surface area contributed by atoms with Gasteiger partial charge >= 0.3 is 0 Å². The molecule has 0 aromatic heterocycles. The lowest BCUT2D eigenvalue weighted by Gasteiger charge is -2.13. The first-order chi connectivity index (χ1) is 8.67. The van der Waals surface area contributed by atoms with Gasteiger partial charge in [-0.2, -0.15) is 0 Å². The van der Waals surface area contributed by atoms with Crippen molar-refractivity contribution in [3.05, 3.63) is 49.1 Å². The number of benzene rings is 1. The molecule has 4 nitrogen and oxygen atoms in total. The maximum atomic E-state index is 5.09. The highest BCUT2D eigenvalue weighted by molar-refractivity contribution is 7.80. The number of thiocarbonyl (C=S) groups is 1. The van der Waals surface area contributed by atoms with Crippen molar-refractivity contribution < 1.29 is 4.74 Å². The molecule has 0 aliphatic carbocycles. The summed E-state index contributed by atoms with van der Waals surface area (Å²) in [5.74, 6) is 0.808. The standard InChI is InChI=1S/C13H17N3OS/c1-4-9-14-13(18)16-15-10(2)11-5-7-12(17-3)8-6-11/h4-8,15H,1-2,9H2,3H3,(H2,14,16,18). The summed E-state index contributed by atoms with van der Waals surface area (Å²) in [4.78, 5) is 0. The summed E-state index contributed by atoms with van der Waals surface area (Å²) in [5.41, 5.74) is 7.43. The first-order valence-electron chi connectivity index (χ1n) is 5.41. The van der Waals surface area contributed by atoms with Crippen LogP contribution in [0.3, 0.4) is 0 Å². The highest BCUT2D eigenvalue weighted by atomic mass is 32.1. The van der Waals surface area contributed by atoms with Crippen LogP contribution in [0.25, 0.3) is 5.70 Å². The number of rotatable bonds is 6. The normalized spacial score (nSPS) is 9.17. The van der Waals surface area contributed by atoms with Crippen LogP contribution < -0.4 is 20.9 Å². The van der Waals surface area contributed by atoms with Crippen LogP contribution in [-0.4, -0.2) is 18.8 Å². The van der Waals surface area contributed by atoms with Gasteiger partial charge in [0, 0.05) is 6.54 Å². The van der Waals surface area contributed by atoms with Crippen molar-refractivity contribution in [2.75, 3.05) is 13.7 Å². The van der Waals surface area contributed by atoms with Crippen molar-refractivity contribution in [3.8, 4) is 5.75 Å². The van der Waals surface area contributed by atoms with Crippen molar-refractivity contribution in [2.45, 2.75) is 0 Å². The maximum Gasteiger partial charge on any atom is 0.185 e. The van der Waals surface area contributed by atoms with Gasteiger partial charge in [0.15, 0.2) is 5.11 Å². The molecule has 5 heteroatoms. The smallest absolute Gasteiger partial charge is 0.185 e. The molecule has 0 bridgehead atoms. The van der Waals surface area contributed by atoms with Crippen LogP contribution in [0.15, 0.2) is 43.5 Å². The van der Waals surface area contributed by atoms with Crippen molar-refractivity contribution in [1.29, 1.82) is 0 Å². The molecule has 0 atom stereocenters. The number of hydrogen-bond acceptors (Lipinski definition) is 3. The molecular formula is C13H17N3OS. The monoisotopic (exact) mass is 263 g/mol. The molecule has 0 saturated heterocycles. The zero-order valence-corrected chi connectivity index (χ0v) is 11.1. The predicted molar refractivity (Wildman–Crippen MR) is 79.1 cm³/mol. The molecule has 3 N–H and O–H groups in total. The fourth-order valence-corrected chi connectivity index (χ4v) is 1.34. The fraction of sp³-hybridized carbons (Fsp3) is 0.154. The van der Waals surface area contributed by atoms with Crippen molar-refractivity contribution in [2.24, 2.45) is 0 Å². The lowest BCUT2D eigenvalue weighted by atomic mass is 10.2. The number of hydrogen-bond donors (Lipinski definition) is 3. The minimum atomic E-state index is 0.490. The summed E-state index contributed by atoms with van der Waals surface area (Å²) in [6.45, 7) is 8.12.